The molecular weight excluding hydrogens is 562 g/mol. The zero-order valence-corrected chi connectivity index (χ0v) is 25.0. The Labute approximate surface area is 256 Å². The van der Waals surface area contributed by atoms with Crippen molar-refractivity contribution in [1.29, 1.82) is 0 Å². The average molecular weight is 600 g/mol. The Morgan fingerprint density at radius 2 is 1.34 bits per heavy atom. The molecule has 44 heavy (non-hydrogen) atoms. The molecular formula is C33H37N5O6. The summed E-state index contributed by atoms with van der Waals surface area (Å²) in [5, 5.41) is 9.68. The van der Waals surface area contributed by atoms with Crippen LogP contribution >= 0.6 is 0 Å². The molecule has 1 aromatic heterocycles. The lowest BCUT2D eigenvalue weighted by Crippen LogP contribution is -2.44. The first-order valence-corrected chi connectivity index (χ1v) is 14.8. The smallest absolute Gasteiger partial charge is 0.249 e. The maximum absolute atomic E-state index is 13.0. The lowest BCUT2D eigenvalue weighted by Gasteiger charge is -2.23. The molecule has 11 nitrogen and oxygen atoms in total. The van der Waals surface area contributed by atoms with E-state index in [4.69, 9.17) is 9.26 Å². The highest BCUT2D eigenvalue weighted by atomic mass is 16.5. The summed E-state index contributed by atoms with van der Waals surface area (Å²) in [6, 6.07) is 15.7. The van der Waals surface area contributed by atoms with E-state index in [1.807, 2.05) is 60.7 Å². The highest BCUT2D eigenvalue weighted by Gasteiger charge is 2.35. The molecule has 230 valence electrons. The van der Waals surface area contributed by atoms with E-state index in [-0.39, 0.29) is 36.7 Å². The number of nitrogens with one attached hydrogen (secondary N) is 2. The van der Waals surface area contributed by atoms with Crippen LogP contribution in [0.5, 0.6) is 0 Å². The third kappa shape index (κ3) is 7.59. The van der Waals surface area contributed by atoms with E-state index in [1.165, 1.54) is 7.11 Å². The molecule has 2 fully saturated rings. The van der Waals surface area contributed by atoms with Crippen molar-refractivity contribution >= 4 is 47.2 Å². The number of likely N-dealkylation sites (tertiary alicyclic amines) is 2. The minimum absolute atomic E-state index is 0.0323. The van der Waals surface area contributed by atoms with Crippen molar-refractivity contribution in [2.24, 2.45) is 0 Å². The standard InChI is InChI=1S/C33H37N5O6/c1-22-19-27(44-36-22)20-30(39)37-17-3-5-28(37)32(41)34-25-13-9-23(10-14-25)7-8-24-11-15-26(16-12-24)35-33(42)29-6-4-18-38(29)31(40)21-43-2/h7-16,19,28-29H,3-6,17-18,20-21H2,1-2H3,(H,34,41)(H,35,42)/t28-,29-/m0/s1. The first-order valence-electron chi connectivity index (χ1n) is 14.8. The third-order valence-electron chi connectivity index (χ3n) is 7.85. The van der Waals surface area contributed by atoms with Gasteiger partial charge in [-0.15, -0.1) is 0 Å². The summed E-state index contributed by atoms with van der Waals surface area (Å²) in [5.74, 6) is -0.236. The quantitative estimate of drug-likeness (QED) is 0.338. The Balaban J connectivity index is 1.11. The molecule has 2 atom stereocenters. The minimum Gasteiger partial charge on any atom is -0.375 e. The molecule has 0 saturated carbocycles. The maximum Gasteiger partial charge on any atom is 0.249 e. The number of methoxy groups -OCH3 is 1. The van der Waals surface area contributed by atoms with Gasteiger partial charge >= 0.3 is 0 Å². The number of aromatic nitrogens is 1. The van der Waals surface area contributed by atoms with Crippen LogP contribution in [-0.4, -0.2) is 77.5 Å². The number of carbonyl (C=O) groups is 4. The second kappa shape index (κ2) is 14.1. The number of carbonyl (C=O) groups excluding carboxylic acids is 4. The van der Waals surface area contributed by atoms with E-state index >= 15 is 0 Å². The number of amides is 4. The Hall–Kier alpha value is -4.77. The van der Waals surface area contributed by atoms with Crippen LogP contribution in [0.2, 0.25) is 0 Å². The molecule has 2 aliphatic heterocycles. The molecule has 3 heterocycles. The van der Waals surface area contributed by atoms with Crippen LogP contribution in [-0.2, 0) is 30.3 Å². The SMILES string of the molecule is COCC(=O)N1CCC[C@H]1C(=O)Nc1ccc(C=Cc2ccc(NC(=O)[C@@H]3CCCN3C(=O)Cc3cc(C)no3)cc2)cc1. The van der Waals surface area contributed by atoms with E-state index in [9.17, 15) is 19.2 Å². The molecule has 2 aromatic carbocycles. The van der Waals surface area contributed by atoms with Crippen molar-refractivity contribution in [3.63, 3.8) is 0 Å². The first kappa shape index (κ1) is 30.7. The van der Waals surface area contributed by atoms with E-state index in [0.717, 1.165) is 24.0 Å². The molecule has 3 aromatic rings. The third-order valence-corrected chi connectivity index (χ3v) is 7.85. The van der Waals surface area contributed by atoms with Gasteiger partial charge in [0.05, 0.1) is 12.1 Å². The zero-order valence-electron chi connectivity index (χ0n) is 25.0. The molecule has 0 spiro atoms. The Morgan fingerprint density at radius 3 is 1.80 bits per heavy atom. The predicted octanol–water partition coefficient (Wildman–Crippen LogP) is 3.90. The largest absolute Gasteiger partial charge is 0.375 e. The molecule has 2 saturated heterocycles. The predicted molar refractivity (Wildman–Crippen MR) is 165 cm³/mol. The fourth-order valence-electron chi connectivity index (χ4n) is 5.63. The van der Waals surface area contributed by atoms with Crippen molar-refractivity contribution in [3.8, 4) is 0 Å². The monoisotopic (exact) mass is 599 g/mol. The number of rotatable bonds is 10. The van der Waals surface area contributed by atoms with Gasteiger partial charge in [0.15, 0.2) is 0 Å². The van der Waals surface area contributed by atoms with Gasteiger partial charge in [-0.1, -0.05) is 41.6 Å². The van der Waals surface area contributed by atoms with Crippen LogP contribution in [0.25, 0.3) is 12.2 Å². The molecule has 2 aliphatic rings. The molecule has 5 rings (SSSR count). The molecule has 2 N–H and O–H groups in total. The van der Waals surface area contributed by atoms with E-state index in [2.05, 4.69) is 15.8 Å². The molecule has 0 bridgehead atoms. The van der Waals surface area contributed by atoms with Gasteiger partial charge in [0, 0.05) is 37.6 Å². The summed E-state index contributed by atoms with van der Waals surface area (Å²) in [7, 11) is 1.47. The van der Waals surface area contributed by atoms with Gasteiger partial charge in [-0.2, -0.15) is 0 Å². The Bertz CT molecular complexity index is 1510. The lowest BCUT2D eigenvalue weighted by atomic mass is 10.1. The molecule has 11 heteroatoms. The second-order valence-electron chi connectivity index (χ2n) is 11.1. The summed E-state index contributed by atoms with van der Waals surface area (Å²) >= 11 is 0. The number of benzene rings is 2. The van der Waals surface area contributed by atoms with Crippen molar-refractivity contribution in [2.45, 2.75) is 51.1 Å². The zero-order chi connectivity index (χ0) is 31.1. The normalized spacial score (nSPS) is 18.1. The van der Waals surface area contributed by atoms with Gasteiger partial charge in [0.1, 0.15) is 24.5 Å². The topological polar surface area (TPSA) is 134 Å². The molecule has 0 unspecified atom stereocenters. The average Bonchev–Trinajstić information content (AvgIpc) is 3.79. The summed E-state index contributed by atoms with van der Waals surface area (Å²) < 4.78 is 10.1. The number of anilines is 2. The van der Waals surface area contributed by atoms with Gasteiger partial charge in [-0.25, -0.2) is 0 Å². The van der Waals surface area contributed by atoms with Gasteiger partial charge in [0.2, 0.25) is 23.6 Å². The van der Waals surface area contributed by atoms with Crippen molar-refractivity contribution in [2.75, 3.05) is 37.4 Å². The van der Waals surface area contributed by atoms with Crippen molar-refractivity contribution in [3.05, 3.63) is 77.2 Å². The number of hydrogen-bond donors (Lipinski definition) is 2. The molecule has 0 aliphatic carbocycles. The molecule has 4 amide bonds. The van der Waals surface area contributed by atoms with Gasteiger partial charge < -0.3 is 29.7 Å². The van der Waals surface area contributed by atoms with E-state index < -0.39 is 12.1 Å². The summed E-state index contributed by atoms with van der Waals surface area (Å²) in [6.07, 6.45) is 6.80. The minimum atomic E-state index is -0.519. The summed E-state index contributed by atoms with van der Waals surface area (Å²) in [4.78, 5) is 54.1. The summed E-state index contributed by atoms with van der Waals surface area (Å²) in [6.45, 7) is 2.86. The van der Waals surface area contributed by atoms with E-state index in [1.54, 1.807) is 22.8 Å². The number of aryl methyl sites for hydroxylation is 1. The van der Waals surface area contributed by atoms with Crippen LogP contribution in [0.4, 0.5) is 11.4 Å². The fourth-order valence-corrected chi connectivity index (χ4v) is 5.63. The Kier molecular flexibility index (Phi) is 9.86. The second-order valence-corrected chi connectivity index (χ2v) is 11.1. The van der Waals surface area contributed by atoms with Gasteiger partial charge in [-0.3, -0.25) is 19.2 Å². The van der Waals surface area contributed by atoms with Crippen LogP contribution < -0.4 is 10.6 Å². The number of hydrogen-bond acceptors (Lipinski definition) is 7. The summed E-state index contributed by atoms with van der Waals surface area (Å²) in [5.41, 5.74) is 3.93. The van der Waals surface area contributed by atoms with Gasteiger partial charge in [-0.05, 0) is 68.0 Å². The Morgan fingerprint density at radius 1 is 0.841 bits per heavy atom. The van der Waals surface area contributed by atoms with Crippen LogP contribution in [0.1, 0.15) is 48.3 Å². The maximum atomic E-state index is 13.0. The van der Waals surface area contributed by atoms with Crippen LogP contribution in [0.15, 0.2) is 59.1 Å². The lowest BCUT2D eigenvalue weighted by molar-refractivity contribution is -0.139. The van der Waals surface area contributed by atoms with Gasteiger partial charge in [0.25, 0.3) is 0 Å². The first-order chi connectivity index (χ1) is 21.3. The number of ether oxygens (including phenoxy) is 1. The van der Waals surface area contributed by atoms with Crippen LogP contribution in [0, 0.1) is 6.92 Å². The van der Waals surface area contributed by atoms with E-state index in [0.29, 0.717) is 48.8 Å². The van der Waals surface area contributed by atoms with Crippen molar-refractivity contribution < 1.29 is 28.4 Å². The highest BCUT2D eigenvalue weighted by molar-refractivity contribution is 5.98. The van der Waals surface area contributed by atoms with Crippen LogP contribution in [0.3, 0.4) is 0 Å². The number of nitrogens with zero attached hydrogens (tertiary/aromatic N) is 3. The highest BCUT2D eigenvalue weighted by Crippen LogP contribution is 2.23. The fraction of sp³-hybridized carbons (Fsp3) is 0.364. The van der Waals surface area contributed by atoms with Crippen molar-refractivity contribution in [1.82, 2.24) is 15.0 Å². The molecule has 0 radical (unpaired) electrons.